The average molecular weight is 310 g/mol. The zero-order valence-corrected chi connectivity index (χ0v) is 13.1. The molecule has 4 rings (SSSR count). The van der Waals surface area contributed by atoms with Crippen molar-refractivity contribution < 1.29 is 4.39 Å². The summed E-state index contributed by atoms with van der Waals surface area (Å²) in [7, 11) is 2.15. The van der Waals surface area contributed by atoms with Gasteiger partial charge in [0.15, 0.2) is 5.82 Å². The van der Waals surface area contributed by atoms with Crippen molar-refractivity contribution in [3.05, 3.63) is 54.3 Å². The van der Waals surface area contributed by atoms with E-state index in [0.29, 0.717) is 0 Å². The Kier molecular flexibility index (Phi) is 3.50. The number of hydrogen-bond acceptors (Lipinski definition) is 3. The Hall–Kier alpha value is -2.40. The van der Waals surface area contributed by atoms with Gasteiger partial charge in [-0.3, -0.25) is 0 Å². The van der Waals surface area contributed by atoms with Gasteiger partial charge in [-0.15, -0.1) is 5.10 Å². The maximum atomic E-state index is 13.2. The standard InChI is InChI=1S/C18H19FN4/c1-21-10-12-22(13-11-21)18-16-4-2-3-5-17(16)23(20-18)15-8-6-14(19)7-9-15/h2-9H,10-13H2,1H3. The first-order valence-corrected chi connectivity index (χ1v) is 7.89. The molecule has 0 unspecified atom stereocenters. The Morgan fingerprint density at radius 3 is 2.35 bits per heavy atom. The second kappa shape index (κ2) is 5.66. The number of rotatable bonds is 2. The van der Waals surface area contributed by atoms with Crippen molar-refractivity contribution in [1.29, 1.82) is 0 Å². The number of fused-ring (bicyclic) bond motifs is 1. The number of anilines is 1. The molecule has 0 bridgehead atoms. The Labute approximate surface area is 134 Å². The zero-order valence-electron chi connectivity index (χ0n) is 13.1. The fourth-order valence-corrected chi connectivity index (χ4v) is 3.08. The Balaban J connectivity index is 1.81. The highest BCUT2D eigenvalue weighted by atomic mass is 19.1. The summed E-state index contributed by atoms with van der Waals surface area (Å²) in [6, 6.07) is 14.7. The van der Waals surface area contributed by atoms with Crippen LogP contribution in [-0.2, 0) is 0 Å². The van der Waals surface area contributed by atoms with E-state index in [1.54, 1.807) is 12.1 Å². The average Bonchev–Trinajstić information content (AvgIpc) is 2.96. The van der Waals surface area contributed by atoms with Gasteiger partial charge >= 0.3 is 0 Å². The van der Waals surface area contributed by atoms with Gasteiger partial charge in [-0.2, -0.15) is 0 Å². The van der Waals surface area contributed by atoms with Crippen LogP contribution in [0, 0.1) is 5.82 Å². The summed E-state index contributed by atoms with van der Waals surface area (Å²) < 4.78 is 15.1. The molecule has 0 atom stereocenters. The lowest BCUT2D eigenvalue weighted by Crippen LogP contribution is -2.44. The molecule has 1 saturated heterocycles. The van der Waals surface area contributed by atoms with Gasteiger partial charge in [-0.25, -0.2) is 9.07 Å². The van der Waals surface area contributed by atoms with E-state index >= 15 is 0 Å². The first kappa shape index (κ1) is 14.2. The zero-order chi connectivity index (χ0) is 15.8. The van der Waals surface area contributed by atoms with Crippen molar-refractivity contribution in [2.75, 3.05) is 38.1 Å². The van der Waals surface area contributed by atoms with Gasteiger partial charge in [-0.05, 0) is 43.4 Å². The topological polar surface area (TPSA) is 24.3 Å². The van der Waals surface area contributed by atoms with Crippen LogP contribution in [0.1, 0.15) is 0 Å². The van der Waals surface area contributed by atoms with Gasteiger partial charge < -0.3 is 9.80 Å². The lowest BCUT2D eigenvalue weighted by atomic mass is 10.2. The minimum absolute atomic E-state index is 0.232. The molecule has 1 fully saturated rings. The van der Waals surface area contributed by atoms with Gasteiger partial charge in [0.05, 0.1) is 11.2 Å². The predicted molar refractivity (Wildman–Crippen MR) is 90.7 cm³/mol. The Bertz CT molecular complexity index is 817. The molecule has 2 heterocycles. The van der Waals surface area contributed by atoms with E-state index in [-0.39, 0.29) is 5.82 Å². The second-order valence-corrected chi connectivity index (χ2v) is 6.02. The number of hydrogen-bond donors (Lipinski definition) is 0. The molecule has 2 aromatic carbocycles. The van der Waals surface area contributed by atoms with Crippen molar-refractivity contribution in [1.82, 2.24) is 14.7 Å². The molecule has 23 heavy (non-hydrogen) atoms. The Morgan fingerprint density at radius 2 is 1.61 bits per heavy atom. The summed E-state index contributed by atoms with van der Waals surface area (Å²) in [5.41, 5.74) is 1.93. The predicted octanol–water partition coefficient (Wildman–Crippen LogP) is 2.92. The molecule has 4 nitrogen and oxygen atoms in total. The van der Waals surface area contributed by atoms with Crippen LogP contribution in [0.5, 0.6) is 0 Å². The SMILES string of the molecule is CN1CCN(c2nn(-c3ccc(F)cc3)c3ccccc23)CC1. The summed E-state index contributed by atoms with van der Waals surface area (Å²) in [4.78, 5) is 4.66. The lowest BCUT2D eigenvalue weighted by molar-refractivity contribution is 0.312. The minimum Gasteiger partial charge on any atom is -0.352 e. The third kappa shape index (κ3) is 2.57. The van der Waals surface area contributed by atoms with E-state index in [4.69, 9.17) is 5.10 Å². The third-order valence-corrected chi connectivity index (χ3v) is 4.44. The van der Waals surface area contributed by atoms with E-state index in [1.807, 2.05) is 16.8 Å². The monoisotopic (exact) mass is 310 g/mol. The molecular formula is C18H19FN4. The van der Waals surface area contributed by atoms with Gasteiger partial charge in [0, 0.05) is 31.6 Å². The van der Waals surface area contributed by atoms with Crippen molar-refractivity contribution in [3.63, 3.8) is 0 Å². The van der Waals surface area contributed by atoms with E-state index < -0.39 is 0 Å². The van der Waals surface area contributed by atoms with Crippen LogP contribution in [0.4, 0.5) is 10.2 Å². The fraction of sp³-hybridized carbons (Fsp3) is 0.278. The van der Waals surface area contributed by atoms with Crippen LogP contribution in [0.25, 0.3) is 16.6 Å². The van der Waals surface area contributed by atoms with Crippen LogP contribution >= 0.6 is 0 Å². The van der Waals surface area contributed by atoms with Crippen molar-refractivity contribution in [2.45, 2.75) is 0 Å². The first-order chi connectivity index (χ1) is 11.2. The summed E-state index contributed by atoms with van der Waals surface area (Å²) in [5, 5.41) is 5.98. The quantitative estimate of drug-likeness (QED) is 0.727. The molecule has 1 aromatic heterocycles. The molecule has 0 spiro atoms. The number of nitrogens with zero attached hydrogens (tertiary/aromatic N) is 4. The molecule has 1 aliphatic heterocycles. The molecular weight excluding hydrogens is 291 g/mol. The number of likely N-dealkylation sites (N-methyl/N-ethyl adjacent to an activating group) is 1. The van der Waals surface area contributed by atoms with Gasteiger partial charge in [0.25, 0.3) is 0 Å². The number of benzene rings is 2. The molecule has 0 aliphatic carbocycles. The molecule has 0 saturated carbocycles. The molecule has 1 aliphatic rings. The largest absolute Gasteiger partial charge is 0.352 e. The highest BCUT2D eigenvalue weighted by molar-refractivity contribution is 5.91. The van der Waals surface area contributed by atoms with E-state index in [9.17, 15) is 4.39 Å². The Morgan fingerprint density at radius 1 is 0.913 bits per heavy atom. The number of piperazine rings is 1. The summed E-state index contributed by atoms with van der Waals surface area (Å²) >= 11 is 0. The lowest BCUT2D eigenvalue weighted by Gasteiger charge is -2.32. The molecule has 118 valence electrons. The molecule has 0 radical (unpaired) electrons. The van der Waals surface area contributed by atoms with Crippen LogP contribution in [0.15, 0.2) is 48.5 Å². The highest BCUT2D eigenvalue weighted by Gasteiger charge is 2.20. The van der Waals surface area contributed by atoms with Crippen molar-refractivity contribution in [3.8, 4) is 5.69 Å². The van der Waals surface area contributed by atoms with Crippen LogP contribution in [-0.4, -0.2) is 47.9 Å². The number of halogens is 1. The normalized spacial score (nSPS) is 16.2. The maximum Gasteiger partial charge on any atom is 0.159 e. The number of aromatic nitrogens is 2. The maximum absolute atomic E-state index is 13.2. The molecule has 3 aromatic rings. The molecule has 0 amide bonds. The molecule has 0 N–H and O–H groups in total. The van der Waals surface area contributed by atoms with Crippen LogP contribution in [0.2, 0.25) is 0 Å². The van der Waals surface area contributed by atoms with E-state index in [1.165, 1.54) is 12.1 Å². The van der Waals surface area contributed by atoms with Gasteiger partial charge in [-0.1, -0.05) is 12.1 Å². The smallest absolute Gasteiger partial charge is 0.159 e. The van der Waals surface area contributed by atoms with E-state index in [2.05, 4.69) is 29.0 Å². The number of para-hydroxylation sites is 1. The minimum atomic E-state index is -0.232. The van der Waals surface area contributed by atoms with Crippen LogP contribution in [0.3, 0.4) is 0 Å². The second-order valence-electron chi connectivity index (χ2n) is 6.02. The van der Waals surface area contributed by atoms with E-state index in [0.717, 1.165) is 48.6 Å². The van der Waals surface area contributed by atoms with Crippen molar-refractivity contribution >= 4 is 16.7 Å². The van der Waals surface area contributed by atoms with Gasteiger partial charge in [0.2, 0.25) is 0 Å². The highest BCUT2D eigenvalue weighted by Crippen LogP contribution is 2.29. The summed E-state index contributed by atoms with van der Waals surface area (Å²) in [5.74, 6) is 0.780. The van der Waals surface area contributed by atoms with Crippen LogP contribution < -0.4 is 4.90 Å². The van der Waals surface area contributed by atoms with Gasteiger partial charge in [0.1, 0.15) is 5.82 Å². The van der Waals surface area contributed by atoms with Crippen molar-refractivity contribution in [2.24, 2.45) is 0 Å². The molecule has 5 heteroatoms. The fourth-order valence-electron chi connectivity index (χ4n) is 3.08. The third-order valence-electron chi connectivity index (χ3n) is 4.44. The summed E-state index contributed by atoms with van der Waals surface area (Å²) in [6.07, 6.45) is 0. The summed E-state index contributed by atoms with van der Waals surface area (Å²) in [6.45, 7) is 4.03. The first-order valence-electron chi connectivity index (χ1n) is 7.89.